The summed E-state index contributed by atoms with van der Waals surface area (Å²) in [6, 6.07) is 7.91. The molecule has 102 valence electrons. The van der Waals surface area contributed by atoms with Crippen LogP contribution in [0.4, 0.5) is 0 Å². The zero-order valence-electron chi connectivity index (χ0n) is 10.9. The standard InChI is InChI=1S/C13H20N2O2.ClH/c1-3-17-12-7-5-4-6-11(12)8-9-15-13(16)10-14-2;/h4-7,14H,3,8-10H2,1-2H3,(H,15,16);1H. The average molecular weight is 273 g/mol. The summed E-state index contributed by atoms with van der Waals surface area (Å²) in [7, 11) is 1.75. The first-order valence-corrected chi connectivity index (χ1v) is 5.90. The van der Waals surface area contributed by atoms with Crippen LogP contribution in [0.15, 0.2) is 24.3 Å². The average Bonchev–Trinajstić information content (AvgIpc) is 2.32. The van der Waals surface area contributed by atoms with Crippen LogP contribution >= 0.6 is 12.4 Å². The minimum absolute atomic E-state index is 0. The van der Waals surface area contributed by atoms with Crippen LogP contribution in [0.2, 0.25) is 0 Å². The zero-order valence-corrected chi connectivity index (χ0v) is 11.7. The number of rotatable bonds is 7. The fraction of sp³-hybridized carbons (Fsp3) is 0.462. The molecule has 4 nitrogen and oxygen atoms in total. The van der Waals surface area contributed by atoms with Crippen LogP contribution in [-0.2, 0) is 11.2 Å². The molecule has 1 aromatic rings. The van der Waals surface area contributed by atoms with E-state index in [-0.39, 0.29) is 18.3 Å². The third-order valence-electron chi connectivity index (χ3n) is 2.33. The summed E-state index contributed by atoms with van der Waals surface area (Å²) in [4.78, 5) is 11.2. The first-order chi connectivity index (χ1) is 8.27. The SMILES string of the molecule is CCOc1ccccc1CCNC(=O)CNC.Cl. The van der Waals surface area contributed by atoms with Gasteiger partial charge < -0.3 is 15.4 Å². The lowest BCUT2D eigenvalue weighted by Gasteiger charge is -2.10. The third-order valence-corrected chi connectivity index (χ3v) is 2.33. The van der Waals surface area contributed by atoms with Gasteiger partial charge in [-0.3, -0.25) is 4.79 Å². The smallest absolute Gasteiger partial charge is 0.233 e. The molecule has 0 heterocycles. The normalized spacial score (nSPS) is 9.44. The number of para-hydroxylation sites is 1. The summed E-state index contributed by atoms with van der Waals surface area (Å²) in [5.74, 6) is 0.916. The molecule has 0 bridgehead atoms. The summed E-state index contributed by atoms with van der Waals surface area (Å²) in [5, 5.41) is 5.66. The molecule has 0 aliphatic carbocycles. The van der Waals surface area contributed by atoms with E-state index < -0.39 is 0 Å². The van der Waals surface area contributed by atoms with Crippen LogP contribution in [0.3, 0.4) is 0 Å². The second-order valence-corrected chi connectivity index (χ2v) is 3.67. The first-order valence-electron chi connectivity index (χ1n) is 5.90. The Morgan fingerprint density at radius 2 is 2.06 bits per heavy atom. The van der Waals surface area contributed by atoms with E-state index in [4.69, 9.17) is 4.74 Å². The van der Waals surface area contributed by atoms with E-state index in [1.165, 1.54) is 0 Å². The maximum absolute atomic E-state index is 11.2. The Balaban J connectivity index is 0.00000289. The highest BCUT2D eigenvalue weighted by Gasteiger charge is 2.03. The monoisotopic (exact) mass is 272 g/mol. The molecule has 0 fully saturated rings. The first kappa shape index (κ1) is 16.7. The number of amides is 1. The summed E-state index contributed by atoms with van der Waals surface area (Å²) in [6.07, 6.45) is 0.783. The minimum Gasteiger partial charge on any atom is -0.494 e. The van der Waals surface area contributed by atoms with Crippen molar-refractivity contribution in [3.63, 3.8) is 0 Å². The second-order valence-electron chi connectivity index (χ2n) is 3.67. The maximum Gasteiger partial charge on any atom is 0.233 e. The number of ether oxygens (including phenoxy) is 1. The number of likely N-dealkylation sites (N-methyl/N-ethyl adjacent to an activating group) is 1. The van der Waals surface area contributed by atoms with E-state index in [2.05, 4.69) is 10.6 Å². The Labute approximate surface area is 115 Å². The van der Waals surface area contributed by atoms with Crippen LogP contribution < -0.4 is 15.4 Å². The van der Waals surface area contributed by atoms with Gasteiger partial charge in [0.25, 0.3) is 0 Å². The lowest BCUT2D eigenvalue weighted by atomic mass is 10.1. The van der Waals surface area contributed by atoms with Gasteiger partial charge in [0, 0.05) is 6.54 Å². The lowest BCUT2D eigenvalue weighted by Crippen LogP contribution is -2.33. The predicted octanol–water partition coefficient (Wildman–Crippen LogP) is 1.39. The van der Waals surface area contributed by atoms with Gasteiger partial charge in [-0.15, -0.1) is 12.4 Å². The van der Waals surface area contributed by atoms with Gasteiger partial charge in [0.15, 0.2) is 0 Å². The number of hydrogen-bond donors (Lipinski definition) is 2. The molecule has 0 saturated heterocycles. The predicted molar refractivity (Wildman–Crippen MR) is 75.5 cm³/mol. The minimum atomic E-state index is 0. The number of halogens is 1. The molecule has 0 aliphatic rings. The Kier molecular flexibility index (Phi) is 9.06. The van der Waals surface area contributed by atoms with Gasteiger partial charge in [-0.1, -0.05) is 18.2 Å². The van der Waals surface area contributed by atoms with E-state index in [0.29, 0.717) is 19.7 Å². The van der Waals surface area contributed by atoms with E-state index in [9.17, 15) is 4.79 Å². The molecule has 5 heteroatoms. The molecule has 0 unspecified atom stereocenters. The highest BCUT2D eigenvalue weighted by Crippen LogP contribution is 2.17. The highest BCUT2D eigenvalue weighted by molar-refractivity contribution is 5.85. The molecule has 1 amide bonds. The van der Waals surface area contributed by atoms with E-state index in [1.807, 2.05) is 31.2 Å². The number of nitrogens with one attached hydrogen (secondary N) is 2. The molecule has 18 heavy (non-hydrogen) atoms. The molecule has 0 saturated carbocycles. The Morgan fingerprint density at radius 3 is 2.72 bits per heavy atom. The summed E-state index contributed by atoms with van der Waals surface area (Å²) < 4.78 is 5.52. The molecule has 0 atom stereocenters. The summed E-state index contributed by atoms with van der Waals surface area (Å²) in [5.41, 5.74) is 1.12. The lowest BCUT2D eigenvalue weighted by molar-refractivity contribution is -0.120. The Morgan fingerprint density at radius 1 is 1.33 bits per heavy atom. The van der Waals surface area contributed by atoms with Crippen molar-refractivity contribution in [2.24, 2.45) is 0 Å². The molecule has 2 N–H and O–H groups in total. The van der Waals surface area contributed by atoms with Gasteiger partial charge in [0.2, 0.25) is 5.91 Å². The van der Waals surface area contributed by atoms with Crippen molar-refractivity contribution in [1.82, 2.24) is 10.6 Å². The second kappa shape index (κ2) is 9.74. The zero-order chi connectivity index (χ0) is 12.5. The van der Waals surface area contributed by atoms with Crippen LogP contribution in [0.5, 0.6) is 5.75 Å². The molecule has 1 aromatic carbocycles. The molecular formula is C13H21ClN2O2. The Hall–Kier alpha value is -1.26. The maximum atomic E-state index is 11.2. The largest absolute Gasteiger partial charge is 0.494 e. The van der Waals surface area contributed by atoms with Crippen molar-refractivity contribution in [1.29, 1.82) is 0 Å². The van der Waals surface area contributed by atoms with Crippen molar-refractivity contribution in [3.8, 4) is 5.75 Å². The number of carbonyl (C=O) groups excluding carboxylic acids is 1. The fourth-order valence-corrected chi connectivity index (χ4v) is 1.57. The van der Waals surface area contributed by atoms with Crippen molar-refractivity contribution < 1.29 is 9.53 Å². The fourth-order valence-electron chi connectivity index (χ4n) is 1.57. The van der Waals surface area contributed by atoms with Gasteiger partial charge >= 0.3 is 0 Å². The summed E-state index contributed by atoms with van der Waals surface area (Å²) in [6.45, 7) is 3.60. The van der Waals surface area contributed by atoms with Crippen molar-refractivity contribution in [2.45, 2.75) is 13.3 Å². The van der Waals surface area contributed by atoms with Gasteiger partial charge in [-0.25, -0.2) is 0 Å². The summed E-state index contributed by atoms with van der Waals surface area (Å²) >= 11 is 0. The number of hydrogen-bond acceptors (Lipinski definition) is 3. The van der Waals surface area contributed by atoms with Crippen molar-refractivity contribution >= 4 is 18.3 Å². The van der Waals surface area contributed by atoms with Crippen LogP contribution in [-0.4, -0.2) is 32.7 Å². The van der Waals surface area contributed by atoms with E-state index in [1.54, 1.807) is 7.05 Å². The molecular weight excluding hydrogens is 252 g/mol. The molecule has 0 aromatic heterocycles. The van der Waals surface area contributed by atoms with Gasteiger partial charge in [-0.2, -0.15) is 0 Å². The van der Waals surface area contributed by atoms with Crippen molar-refractivity contribution in [2.75, 3.05) is 26.7 Å². The van der Waals surface area contributed by atoms with Gasteiger partial charge in [-0.05, 0) is 32.0 Å². The molecule has 1 rings (SSSR count). The molecule has 0 spiro atoms. The quantitative estimate of drug-likeness (QED) is 0.789. The van der Waals surface area contributed by atoms with Crippen molar-refractivity contribution in [3.05, 3.63) is 29.8 Å². The van der Waals surface area contributed by atoms with Crippen LogP contribution in [0.25, 0.3) is 0 Å². The van der Waals surface area contributed by atoms with Crippen LogP contribution in [0, 0.1) is 0 Å². The molecule has 0 radical (unpaired) electrons. The van der Waals surface area contributed by atoms with E-state index >= 15 is 0 Å². The van der Waals surface area contributed by atoms with Crippen LogP contribution in [0.1, 0.15) is 12.5 Å². The molecule has 0 aliphatic heterocycles. The third kappa shape index (κ3) is 5.89. The van der Waals surface area contributed by atoms with E-state index in [0.717, 1.165) is 17.7 Å². The van der Waals surface area contributed by atoms with Gasteiger partial charge in [0.05, 0.1) is 13.2 Å². The number of carbonyl (C=O) groups is 1. The Bertz CT molecular complexity index is 359. The number of benzene rings is 1. The van der Waals surface area contributed by atoms with Gasteiger partial charge in [0.1, 0.15) is 5.75 Å². The highest BCUT2D eigenvalue weighted by atomic mass is 35.5. The topological polar surface area (TPSA) is 50.4 Å².